The molecule has 3 aromatic carbocycles. The maximum Gasteiger partial charge on any atom is 0.416 e. The molecule has 0 amide bonds. The maximum atomic E-state index is 12.7. The van der Waals surface area contributed by atoms with Crippen molar-refractivity contribution in [3.63, 3.8) is 0 Å². The van der Waals surface area contributed by atoms with Gasteiger partial charge in [0.2, 0.25) is 5.89 Å². The molecule has 0 N–H and O–H groups in total. The summed E-state index contributed by atoms with van der Waals surface area (Å²) in [6.07, 6.45) is -4.35. The highest BCUT2D eigenvalue weighted by molar-refractivity contribution is 5.83. The van der Waals surface area contributed by atoms with E-state index >= 15 is 0 Å². The Morgan fingerprint density at radius 1 is 0.929 bits per heavy atom. The molecule has 28 heavy (non-hydrogen) atoms. The lowest BCUT2D eigenvalue weighted by atomic mass is 10.0. The average Bonchev–Trinajstić information content (AvgIpc) is 3.11. The number of rotatable bonds is 4. The van der Waals surface area contributed by atoms with E-state index in [1.54, 1.807) is 12.1 Å². The molecule has 142 valence electrons. The van der Waals surface area contributed by atoms with Crippen LogP contribution in [0, 0.1) is 0 Å². The average molecular weight is 383 g/mol. The summed E-state index contributed by atoms with van der Waals surface area (Å²) >= 11 is 0. The molecular weight excluding hydrogens is 367 g/mol. The normalized spacial score (nSPS) is 11.7. The largest absolute Gasteiger partial charge is 0.493 e. The first kappa shape index (κ1) is 18.1. The third-order valence-corrected chi connectivity index (χ3v) is 4.35. The lowest BCUT2D eigenvalue weighted by Crippen LogP contribution is -2.03. The minimum atomic E-state index is -4.35. The number of hydrogen-bond acceptors (Lipinski definition) is 3. The molecule has 0 atom stereocenters. The quantitative estimate of drug-likeness (QED) is 0.399. The van der Waals surface area contributed by atoms with Crippen molar-refractivity contribution in [3.8, 4) is 28.3 Å². The van der Waals surface area contributed by atoms with Crippen LogP contribution in [0.2, 0.25) is 0 Å². The van der Waals surface area contributed by atoms with Gasteiger partial charge in [-0.05, 0) is 54.4 Å². The Bertz CT molecular complexity index is 1110. The third kappa shape index (κ3) is 3.45. The molecule has 6 heteroatoms. The third-order valence-electron chi connectivity index (χ3n) is 4.35. The van der Waals surface area contributed by atoms with Crippen LogP contribution in [0.3, 0.4) is 0 Å². The van der Waals surface area contributed by atoms with Crippen molar-refractivity contribution >= 4 is 11.1 Å². The Hall–Kier alpha value is -3.28. The van der Waals surface area contributed by atoms with Crippen molar-refractivity contribution in [2.75, 3.05) is 6.61 Å². The summed E-state index contributed by atoms with van der Waals surface area (Å²) in [6, 6.07) is 17.9. The number of halogens is 3. The standard InChI is InChI=1S/C22H16F3NO2/c1-2-27-19-6-4-3-5-17(19)21-26-18-12-9-15(13-20(18)28-21)14-7-10-16(11-8-14)22(23,24)25/h3-13H,2H2,1H3. The monoisotopic (exact) mass is 383 g/mol. The van der Waals surface area contributed by atoms with E-state index in [0.29, 0.717) is 34.9 Å². The molecule has 0 unspecified atom stereocenters. The molecule has 0 saturated carbocycles. The van der Waals surface area contributed by atoms with E-state index in [1.165, 1.54) is 12.1 Å². The number of hydrogen-bond donors (Lipinski definition) is 0. The zero-order valence-corrected chi connectivity index (χ0v) is 15.0. The number of nitrogens with zero attached hydrogens (tertiary/aromatic N) is 1. The number of para-hydroxylation sites is 1. The van der Waals surface area contributed by atoms with Crippen LogP contribution in [-0.4, -0.2) is 11.6 Å². The predicted octanol–water partition coefficient (Wildman–Crippen LogP) is 6.58. The molecule has 0 aliphatic rings. The molecule has 0 aliphatic carbocycles. The lowest BCUT2D eigenvalue weighted by Gasteiger charge is -2.07. The molecule has 4 aromatic rings. The molecule has 0 bridgehead atoms. The minimum Gasteiger partial charge on any atom is -0.493 e. The number of ether oxygens (including phenoxy) is 1. The summed E-state index contributed by atoms with van der Waals surface area (Å²) < 4.78 is 49.8. The van der Waals surface area contributed by atoms with Crippen LogP contribution in [0.1, 0.15) is 12.5 Å². The van der Waals surface area contributed by atoms with Gasteiger partial charge in [0.25, 0.3) is 0 Å². The second kappa shape index (κ2) is 7.03. The van der Waals surface area contributed by atoms with Crippen molar-refractivity contribution in [2.24, 2.45) is 0 Å². The van der Waals surface area contributed by atoms with Gasteiger partial charge in [-0.3, -0.25) is 0 Å². The summed E-state index contributed by atoms with van der Waals surface area (Å²) in [6.45, 7) is 2.43. The van der Waals surface area contributed by atoms with Crippen molar-refractivity contribution in [2.45, 2.75) is 13.1 Å². The van der Waals surface area contributed by atoms with Gasteiger partial charge in [-0.25, -0.2) is 4.98 Å². The zero-order chi connectivity index (χ0) is 19.7. The van der Waals surface area contributed by atoms with Gasteiger partial charge in [-0.1, -0.05) is 30.3 Å². The molecule has 0 saturated heterocycles. The smallest absolute Gasteiger partial charge is 0.416 e. The number of alkyl halides is 3. The number of oxazole rings is 1. The zero-order valence-electron chi connectivity index (χ0n) is 15.0. The molecule has 0 spiro atoms. The van der Waals surface area contributed by atoms with Crippen LogP contribution in [0.25, 0.3) is 33.7 Å². The van der Waals surface area contributed by atoms with Crippen molar-refractivity contribution in [3.05, 3.63) is 72.3 Å². The first-order valence-corrected chi connectivity index (χ1v) is 8.76. The molecule has 0 fully saturated rings. The Labute approximate surface area is 159 Å². The van der Waals surface area contributed by atoms with Gasteiger partial charge in [-0.15, -0.1) is 0 Å². The van der Waals surface area contributed by atoms with Crippen molar-refractivity contribution < 1.29 is 22.3 Å². The highest BCUT2D eigenvalue weighted by Crippen LogP contribution is 2.34. The van der Waals surface area contributed by atoms with Gasteiger partial charge in [0.15, 0.2) is 5.58 Å². The van der Waals surface area contributed by atoms with Crippen LogP contribution in [0.5, 0.6) is 5.75 Å². The first-order chi connectivity index (χ1) is 13.5. The molecule has 0 radical (unpaired) electrons. The van der Waals surface area contributed by atoms with Crippen LogP contribution in [-0.2, 0) is 6.18 Å². The fraction of sp³-hybridized carbons (Fsp3) is 0.136. The van der Waals surface area contributed by atoms with E-state index in [4.69, 9.17) is 9.15 Å². The van der Waals surface area contributed by atoms with E-state index in [2.05, 4.69) is 4.98 Å². The van der Waals surface area contributed by atoms with E-state index in [9.17, 15) is 13.2 Å². The van der Waals surface area contributed by atoms with Gasteiger partial charge < -0.3 is 9.15 Å². The summed E-state index contributed by atoms with van der Waals surface area (Å²) in [5.74, 6) is 1.11. The second-order valence-electron chi connectivity index (χ2n) is 6.21. The van der Waals surface area contributed by atoms with Gasteiger partial charge >= 0.3 is 6.18 Å². The molecule has 1 heterocycles. The molecular formula is C22H16F3NO2. The number of benzene rings is 3. The van der Waals surface area contributed by atoms with Crippen LogP contribution in [0.15, 0.2) is 71.1 Å². The van der Waals surface area contributed by atoms with E-state index in [-0.39, 0.29) is 0 Å². The number of aromatic nitrogens is 1. The van der Waals surface area contributed by atoms with Crippen LogP contribution < -0.4 is 4.74 Å². The fourth-order valence-electron chi connectivity index (χ4n) is 3.00. The van der Waals surface area contributed by atoms with E-state index in [0.717, 1.165) is 23.3 Å². The maximum absolute atomic E-state index is 12.7. The minimum absolute atomic E-state index is 0.434. The lowest BCUT2D eigenvalue weighted by molar-refractivity contribution is -0.137. The molecule has 4 rings (SSSR count). The molecule has 0 aliphatic heterocycles. The fourth-order valence-corrected chi connectivity index (χ4v) is 3.00. The summed E-state index contributed by atoms with van der Waals surface area (Å²) in [7, 11) is 0. The summed E-state index contributed by atoms with van der Waals surface area (Å²) in [5.41, 5.74) is 2.71. The molecule has 1 aromatic heterocycles. The van der Waals surface area contributed by atoms with Crippen LogP contribution in [0.4, 0.5) is 13.2 Å². The first-order valence-electron chi connectivity index (χ1n) is 8.76. The SMILES string of the molecule is CCOc1ccccc1-c1nc2ccc(-c3ccc(C(F)(F)F)cc3)cc2o1. The topological polar surface area (TPSA) is 35.3 Å². The Morgan fingerprint density at radius 2 is 1.64 bits per heavy atom. The molecule has 3 nitrogen and oxygen atoms in total. The van der Waals surface area contributed by atoms with E-state index < -0.39 is 11.7 Å². The van der Waals surface area contributed by atoms with Gasteiger partial charge in [0.05, 0.1) is 17.7 Å². The predicted molar refractivity (Wildman–Crippen MR) is 101 cm³/mol. The van der Waals surface area contributed by atoms with Gasteiger partial charge in [-0.2, -0.15) is 13.2 Å². The van der Waals surface area contributed by atoms with Gasteiger partial charge in [0, 0.05) is 0 Å². The highest BCUT2D eigenvalue weighted by Gasteiger charge is 2.30. The Morgan fingerprint density at radius 3 is 2.36 bits per heavy atom. The van der Waals surface area contributed by atoms with Crippen molar-refractivity contribution in [1.29, 1.82) is 0 Å². The van der Waals surface area contributed by atoms with E-state index in [1.807, 2.05) is 37.3 Å². The Kier molecular flexibility index (Phi) is 4.55. The summed E-state index contributed by atoms with van der Waals surface area (Å²) in [4.78, 5) is 4.51. The van der Waals surface area contributed by atoms with Crippen molar-refractivity contribution in [1.82, 2.24) is 4.98 Å². The highest BCUT2D eigenvalue weighted by atomic mass is 19.4. The van der Waals surface area contributed by atoms with Crippen LogP contribution >= 0.6 is 0 Å². The Balaban J connectivity index is 1.71. The summed E-state index contributed by atoms with van der Waals surface area (Å²) in [5, 5.41) is 0. The van der Waals surface area contributed by atoms with Gasteiger partial charge in [0.1, 0.15) is 11.3 Å². The number of fused-ring (bicyclic) bond motifs is 1. The second-order valence-corrected chi connectivity index (χ2v) is 6.21.